The smallest absolute Gasteiger partial charge is 0.205 e. The fourth-order valence-corrected chi connectivity index (χ4v) is 3.33. The van der Waals surface area contributed by atoms with Crippen LogP contribution in [0.25, 0.3) is 0 Å². The third-order valence-corrected chi connectivity index (χ3v) is 3.93. The van der Waals surface area contributed by atoms with E-state index in [0.717, 1.165) is 5.75 Å². The Bertz CT molecular complexity index is 471. The number of nitrogens with two attached hydrogens (primary N) is 1. The molecule has 1 aromatic carbocycles. The highest BCUT2D eigenvalue weighted by Crippen LogP contribution is 2.37. The first-order chi connectivity index (χ1) is 9.27. The predicted molar refractivity (Wildman–Crippen MR) is 82.6 cm³/mol. The van der Waals surface area contributed by atoms with E-state index in [1.54, 1.807) is 6.07 Å². The summed E-state index contributed by atoms with van der Waals surface area (Å²) in [7, 11) is -0.803. The van der Waals surface area contributed by atoms with Crippen LogP contribution < -0.4 is 15.2 Å². The van der Waals surface area contributed by atoms with E-state index in [0.29, 0.717) is 18.0 Å². The van der Waals surface area contributed by atoms with Crippen molar-refractivity contribution >= 4 is 14.7 Å². The molecule has 0 aromatic heterocycles. The number of anilines is 1. The van der Waals surface area contributed by atoms with Crippen LogP contribution in [0.2, 0.25) is 13.1 Å². The van der Waals surface area contributed by atoms with Crippen LogP contribution in [0.4, 0.5) is 5.69 Å². The number of rotatable bonds is 3. The standard InChI is InChI=1S/C15H24NO3Si/c1-15(2,3)14(19-20(4)5)13-9-17-12-8-10(16)6-7-11(12)18-13/h6-8,13-14H,9,16H2,1-5H3. The minimum Gasteiger partial charge on any atom is -0.486 e. The Balaban J connectivity index is 2.19. The maximum atomic E-state index is 6.17. The zero-order valence-corrected chi connectivity index (χ0v) is 13.9. The highest BCUT2D eigenvalue weighted by Gasteiger charge is 2.38. The summed E-state index contributed by atoms with van der Waals surface area (Å²) in [5.74, 6) is 1.46. The molecule has 0 aliphatic carbocycles. The molecule has 1 radical (unpaired) electrons. The van der Waals surface area contributed by atoms with Gasteiger partial charge in [-0.15, -0.1) is 0 Å². The summed E-state index contributed by atoms with van der Waals surface area (Å²) in [4.78, 5) is 0. The average molecular weight is 294 g/mol. The lowest BCUT2D eigenvalue weighted by molar-refractivity contribution is -0.0473. The van der Waals surface area contributed by atoms with Gasteiger partial charge in [-0.2, -0.15) is 0 Å². The van der Waals surface area contributed by atoms with Crippen molar-refractivity contribution in [3.05, 3.63) is 18.2 Å². The molecule has 2 unspecified atom stereocenters. The summed E-state index contributed by atoms with van der Waals surface area (Å²) in [5.41, 5.74) is 6.44. The van der Waals surface area contributed by atoms with Crippen molar-refractivity contribution in [3.8, 4) is 11.5 Å². The van der Waals surface area contributed by atoms with Gasteiger partial charge in [0, 0.05) is 11.8 Å². The number of nitrogen functional groups attached to an aromatic ring is 1. The van der Waals surface area contributed by atoms with Gasteiger partial charge in [0.15, 0.2) is 17.6 Å². The van der Waals surface area contributed by atoms with Crippen LogP contribution in [0, 0.1) is 5.41 Å². The van der Waals surface area contributed by atoms with Crippen LogP contribution in [-0.2, 0) is 4.43 Å². The second kappa shape index (κ2) is 5.66. The summed E-state index contributed by atoms with van der Waals surface area (Å²) in [6, 6.07) is 5.49. The lowest BCUT2D eigenvalue weighted by Gasteiger charge is -2.40. The van der Waals surface area contributed by atoms with Gasteiger partial charge in [-0.05, 0) is 30.6 Å². The molecule has 1 aromatic rings. The van der Waals surface area contributed by atoms with Crippen LogP contribution in [-0.4, -0.2) is 27.9 Å². The molecule has 1 aliphatic heterocycles. The van der Waals surface area contributed by atoms with Crippen molar-refractivity contribution in [2.75, 3.05) is 12.3 Å². The van der Waals surface area contributed by atoms with Crippen LogP contribution in [0.3, 0.4) is 0 Å². The van der Waals surface area contributed by atoms with Crippen LogP contribution >= 0.6 is 0 Å². The van der Waals surface area contributed by atoms with Crippen LogP contribution in [0.15, 0.2) is 18.2 Å². The number of hydrogen-bond donors (Lipinski definition) is 1. The van der Waals surface area contributed by atoms with Gasteiger partial charge in [0.2, 0.25) is 9.04 Å². The number of benzene rings is 1. The monoisotopic (exact) mass is 294 g/mol. The summed E-state index contributed by atoms with van der Waals surface area (Å²) < 4.78 is 18.1. The molecule has 111 valence electrons. The predicted octanol–water partition coefficient (Wildman–Crippen LogP) is 3.09. The Morgan fingerprint density at radius 1 is 1.30 bits per heavy atom. The SMILES string of the molecule is C[Si](C)OC(C1COc2cc(N)ccc2O1)C(C)(C)C. The van der Waals surface area contributed by atoms with Gasteiger partial charge < -0.3 is 19.6 Å². The van der Waals surface area contributed by atoms with Crippen molar-refractivity contribution in [1.29, 1.82) is 0 Å². The Kier molecular flexibility index (Phi) is 4.30. The summed E-state index contributed by atoms with van der Waals surface area (Å²) >= 11 is 0. The van der Waals surface area contributed by atoms with Gasteiger partial charge >= 0.3 is 0 Å². The molecule has 1 heterocycles. The summed E-state index contributed by atoms with van der Waals surface area (Å²) in [6.45, 7) is 11.3. The van der Waals surface area contributed by atoms with Crippen LogP contribution in [0.1, 0.15) is 20.8 Å². The van der Waals surface area contributed by atoms with Crippen molar-refractivity contribution in [2.45, 2.75) is 46.1 Å². The molecule has 0 saturated carbocycles. The van der Waals surface area contributed by atoms with E-state index in [1.807, 2.05) is 12.1 Å². The Morgan fingerprint density at radius 3 is 2.60 bits per heavy atom. The zero-order valence-electron chi connectivity index (χ0n) is 12.9. The summed E-state index contributed by atoms with van der Waals surface area (Å²) in [5, 5.41) is 0. The first kappa shape index (κ1) is 15.2. The first-order valence-corrected chi connectivity index (χ1v) is 9.34. The maximum absolute atomic E-state index is 6.17. The molecule has 0 bridgehead atoms. The lowest BCUT2D eigenvalue weighted by Crippen LogP contribution is -2.49. The fraction of sp³-hybridized carbons (Fsp3) is 0.600. The van der Waals surface area contributed by atoms with Crippen LogP contribution in [0.5, 0.6) is 11.5 Å². The fourth-order valence-electron chi connectivity index (χ4n) is 2.32. The molecule has 5 heteroatoms. The van der Waals surface area contributed by atoms with Gasteiger partial charge in [0.25, 0.3) is 0 Å². The van der Waals surface area contributed by atoms with Crippen molar-refractivity contribution < 1.29 is 13.9 Å². The van der Waals surface area contributed by atoms with Crippen molar-refractivity contribution in [3.63, 3.8) is 0 Å². The largest absolute Gasteiger partial charge is 0.486 e. The zero-order chi connectivity index (χ0) is 14.9. The molecule has 0 fully saturated rings. The third kappa shape index (κ3) is 3.46. The van der Waals surface area contributed by atoms with E-state index in [1.165, 1.54) is 0 Å². The highest BCUT2D eigenvalue weighted by atomic mass is 28.3. The van der Waals surface area contributed by atoms with E-state index in [-0.39, 0.29) is 17.6 Å². The normalized spacial score (nSPS) is 20.0. The van der Waals surface area contributed by atoms with Gasteiger partial charge in [-0.3, -0.25) is 0 Å². The highest BCUT2D eigenvalue weighted by molar-refractivity contribution is 6.48. The lowest BCUT2D eigenvalue weighted by atomic mass is 9.86. The molecule has 2 N–H and O–H groups in total. The minimum absolute atomic E-state index is 0.00126. The molecule has 1 aliphatic rings. The molecule has 20 heavy (non-hydrogen) atoms. The number of ether oxygens (including phenoxy) is 2. The first-order valence-electron chi connectivity index (χ1n) is 6.93. The van der Waals surface area contributed by atoms with E-state index < -0.39 is 9.04 Å². The molecular formula is C15H24NO3Si. The maximum Gasteiger partial charge on any atom is 0.205 e. The Morgan fingerprint density at radius 2 is 2.00 bits per heavy atom. The molecule has 2 atom stereocenters. The van der Waals surface area contributed by atoms with Gasteiger partial charge in [0.1, 0.15) is 6.61 Å². The molecule has 0 saturated heterocycles. The minimum atomic E-state index is -0.803. The summed E-state index contributed by atoms with van der Waals surface area (Å²) in [6.07, 6.45) is -0.0804. The second-order valence-corrected chi connectivity index (χ2v) is 8.54. The molecular weight excluding hydrogens is 270 g/mol. The van der Waals surface area contributed by atoms with Gasteiger partial charge in [-0.25, -0.2) is 0 Å². The molecule has 2 rings (SSSR count). The Hall–Kier alpha value is -1.20. The molecule has 0 spiro atoms. The molecule has 0 amide bonds. The van der Waals surface area contributed by atoms with Crippen molar-refractivity contribution in [1.82, 2.24) is 0 Å². The van der Waals surface area contributed by atoms with Gasteiger partial charge in [0.05, 0.1) is 6.10 Å². The molecule has 4 nitrogen and oxygen atoms in total. The van der Waals surface area contributed by atoms with Crippen molar-refractivity contribution in [2.24, 2.45) is 5.41 Å². The van der Waals surface area contributed by atoms with E-state index >= 15 is 0 Å². The quantitative estimate of drug-likeness (QED) is 0.687. The van der Waals surface area contributed by atoms with Gasteiger partial charge in [-0.1, -0.05) is 20.8 Å². The van der Waals surface area contributed by atoms with E-state index in [9.17, 15) is 0 Å². The number of fused-ring (bicyclic) bond motifs is 1. The topological polar surface area (TPSA) is 53.7 Å². The third-order valence-electron chi connectivity index (χ3n) is 3.20. The Labute approximate surface area is 122 Å². The number of hydrogen-bond acceptors (Lipinski definition) is 4. The van der Waals surface area contributed by atoms with E-state index in [2.05, 4.69) is 33.9 Å². The average Bonchev–Trinajstić information content (AvgIpc) is 2.34. The second-order valence-electron chi connectivity index (χ2n) is 6.49. The van der Waals surface area contributed by atoms with E-state index in [4.69, 9.17) is 19.6 Å².